The summed E-state index contributed by atoms with van der Waals surface area (Å²) >= 11 is 0. The van der Waals surface area contributed by atoms with Crippen molar-refractivity contribution in [3.8, 4) is 0 Å². The fourth-order valence-electron chi connectivity index (χ4n) is 1.81. The summed E-state index contributed by atoms with van der Waals surface area (Å²) in [5, 5.41) is 0. The first-order valence-electron chi connectivity index (χ1n) is 4.66. The molecule has 2 atom stereocenters. The molecule has 0 aromatic heterocycles. The first-order valence-corrected chi connectivity index (χ1v) is 4.66. The summed E-state index contributed by atoms with van der Waals surface area (Å²) in [5.41, 5.74) is 9.69. The molecular formula is C11H15NO. The number of nitrogens with two attached hydrogens (primary N) is 1. The summed E-state index contributed by atoms with van der Waals surface area (Å²) in [5.74, 6) is 0. The van der Waals surface area contributed by atoms with Gasteiger partial charge in [0.05, 0.1) is 18.8 Å². The van der Waals surface area contributed by atoms with E-state index in [4.69, 9.17) is 10.5 Å². The minimum Gasteiger partial charge on any atom is -0.372 e. The van der Waals surface area contributed by atoms with Crippen molar-refractivity contribution in [1.82, 2.24) is 0 Å². The molecule has 0 fully saturated rings. The van der Waals surface area contributed by atoms with Crippen molar-refractivity contribution < 1.29 is 4.74 Å². The van der Waals surface area contributed by atoms with Crippen molar-refractivity contribution in [3.05, 3.63) is 34.9 Å². The minimum absolute atomic E-state index is 0.0480. The van der Waals surface area contributed by atoms with Crippen LogP contribution in [0.4, 0.5) is 0 Å². The maximum absolute atomic E-state index is 5.93. The molecule has 0 bridgehead atoms. The molecule has 1 aliphatic rings. The fraction of sp³-hybridized carbons (Fsp3) is 0.455. The Labute approximate surface area is 78.7 Å². The molecule has 0 saturated heterocycles. The predicted molar refractivity (Wildman–Crippen MR) is 52.5 cm³/mol. The molecule has 0 saturated carbocycles. The highest BCUT2D eigenvalue weighted by Crippen LogP contribution is 2.31. The van der Waals surface area contributed by atoms with Crippen LogP contribution in [0, 0.1) is 6.92 Å². The number of fused-ring (bicyclic) bond motifs is 1. The van der Waals surface area contributed by atoms with Gasteiger partial charge in [0.2, 0.25) is 0 Å². The van der Waals surface area contributed by atoms with Gasteiger partial charge in [-0.05, 0) is 25.0 Å². The summed E-state index contributed by atoms with van der Waals surface area (Å²) in [4.78, 5) is 0. The second kappa shape index (κ2) is 3.13. The van der Waals surface area contributed by atoms with Gasteiger partial charge >= 0.3 is 0 Å². The Morgan fingerprint density at radius 1 is 1.38 bits per heavy atom. The molecule has 70 valence electrons. The average Bonchev–Trinajstić information content (AvgIpc) is 2.12. The van der Waals surface area contributed by atoms with E-state index in [0.717, 1.165) is 0 Å². The quantitative estimate of drug-likeness (QED) is 0.658. The molecule has 0 spiro atoms. The van der Waals surface area contributed by atoms with Crippen LogP contribution in [-0.2, 0) is 4.74 Å². The third-order valence-corrected chi connectivity index (χ3v) is 2.61. The van der Waals surface area contributed by atoms with Gasteiger partial charge in [-0.3, -0.25) is 0 Å². The topological polar surface area (TPSA) is 35.2 Å². The molecule has 2 rings (SSSR count). The van der Waals surface area contributed by atoms with Crippen molar-refractivity contribution in [2.45, 2.75) is 26.0 Å². The van der Waals surface area contributed by atoms with E-state index in [2.05, 4.69) is 32.0 Å². The van der Waals surface area contributed by atoms with Crippen LogP contribution in [0.25, 0.3) is 0 Å². The average molecular weight is 177 g/mol. The summed E-state index contributed by atoms with van der Waals surface area (Å²) in [7, 11) is 0. The van der Waals surface area contributed by atoms with Gasteiger partial charge in [-0.2, -0.15) is 0 Å². The molecule has 1 aromatic carbocycles. The Morgan fingerprint density at radius 2 is 2.15 bits per heavy atom. The van der Waals surface area contributed by atoms with E-state index in [9.17, 15) is 0 Å². The molecule has 13 heavy (non-hydrogen) atoms. The van der Waals surface area contributed by atoms with E-state index in [-0.39, 0.29) is 12.1 Å². The van der Waals surface area contributed by atoms with Gasteiger partial charge < -0.3 is 10.5 Å². The van der Waals surface area contributed by atoms with E-state index in [1.165, 1.54) is 16.7 Å². The lowest BCUT2D eigenvalue weighted by Gasteiger charge is -2.28. The van der Waals surface area contributed by atoms with Crippen LogP contribution >= 0.6 is 0 Å². The maximum Gasteiger partial charge on any atom is 0.0801 e. The second-order valence-corrected chi connectivity index (χ2v) is 3.71. The zero-order chi connectivity index (χ0) is 9.42. The largest absolute Gasteiger partial charge is 0.372 e. The second-order valence-electron chi connectivity index (χ2n) is 3.71. The molecule has 2 nitrogen and oxygen atoms in total. The van der Waals surface area contributed by atoms with Gasteiger partial charge in [0, 0.05) is 0 Å². The number of benzene rings is 1. The van der Waals surface area contributed by atoms with E-state index < -0.39 is 0 Å². The van der Waals surface area contributed by atoms with Gasteiger partial charge in [0.25, 0.3) is 0 Å². The van der Waals surface area contributed by atoms with Gasteiger partial charge in [-0.15, -0.1) is 0 Å². The van der Waals surface area contributed by atoms with Crippen molar-refractivity contribution in [2.24, 2.45) is 5.73 Å². The molecule has 1 aliphatic heterocycles. The Balaban J connectivity index is 2.50. The first kappa shape index (κ1) is 8.73. The molecule has 0 amide bonds. The normalized spacial score (nSPS) is 27.0. The predicted octanol–water partition coefficient (Wildman–Crippen LogP) is 2.09. The van der Waals surface area contributed by atoms with Crippen LogP contribution in [0.2, 0.25) is 0 Å². The highest BCUT2D eigenvalue weighted by molar-refractivity contribution is 5.36. The molecular weight excluding hydrogens is 162 g/mol. The highest BCUT2D eigenvalue weighted by atomic mass is 16.5. The minimum atomic E-state index is 0.0480. The third-order valence-electron chi connectivity index (χ3n) is 2.61. The van der Waals surface area contributed by atoms with E-state index in [1.807, 2.05) is 0 Å². The van der Waals surface area contributed by atoms with Crippen LogP contribution in [-0.4, -0.2) is 6.61 Å². The zero-order valence-corrected chi connectivity index (χ0v) is 8.08. The fourth-order valence-corrected chi connectivity index (χ4v) is 1.81. The third kappa shape index (κ3) is 1.47. The Bertz CT molecular complexity index is 322. The van der Waals surface area contributed by atoms with Crippen LogP contribution in [0.5, 0.6) is 0 Å². The van der Waals surface area contributed by atoms with Crippen LogP contribution in [0.3, 0.4) is 0 Å². The molecule has 0 radical (unpaired) electrons. The van der Waals surface area contributed by atoms with Crippen molar-refractivity contribution in [1.29, 1.82) is 0 Å². The van der Waals surface area contributed by atoms with E-state index in [1.54, 1.807) is 0 Å². The molecule has 0 aliphatic carbocycles. The standard InChI is InChI=1S/C11H15NO/c1-7-3-4-9-10(5-7)8(2)13-6-11(9)12/h3-5,8,11H,6,12H2,1-2H3/t8-,11?/m0/s1. The summed E-state index contributed by atoms with van der Waals surface area (Å²) < 4.78 is 5.55. The van der Waals surface area contributed by atoms with Gasteiger partial charge in [0.15, 0.2) is 0 Å². The number of rotatable bonds is 0. The maximum atomic E-state index is 5.93. The highest BCUT2D eigenvalue weighted by Gasteiger charge is 2.22. The zero-order valence-electron chi connectivity index (χ0n) is 8.08. The Kier molecular flexibility index (Phi) is 2.10. The van der Waals surface area contributed by atoms with Gasteiger partial charge in [-0.25, -0.2) is 0 Å². The number of ether oxygens (including phenoxy) is 1. The van der Waals surface area contributed by atoms with Crippen LogP contribution < -0.4 is 5.73 Å². The SMILES string of the molecule is Cc1ccc2c(c1)[C@H](C)OCC2N. The Hall–Kier alpha value is -0.860. The van der Waals surface area contributed by atoms with Crippen LogP contribution in [0.1, 0.15) is 35.8 Å². The number of hydrogen-bond donors (Lipinski definition) is 1. The van der Waals surface area contributed by atoms with E-state index in [0.29, 0.717) is 6.61 Å². The molecule has 1 aromatic rings. The first-order chi connectivity index (χ1) is 6.18. The van der Waals surface area contributed by atoms with Crippen LogP contribution in [0.15, 0.2) is 18.2 Å². The molecule has 1 unspecified atom stereocenters. The van der Waals surface area contributed by atoms with Crippen molar-refractivity contribution in [2.75, 3.05) is 6.61 Å². The molecule has 1 heterocycles. The lowest BCUT2D eigenvalue weighted by Crippen LogP contribution is -2.25. The Morgan fingerprint density at radius 3 is 2.92 bits per heavy atom. The molecule has 2 N–H and O–H groups in total. The smallest absolute Gasteiger partial charge is 0.0801 e. The monoisotopic (exact) mass is 177 g/mol. The van der Waals surface area contributed by atoms with Crippen molar-refractivity contribution in [3.63, 3.8) is 0 Å². The number of hydrogen-bond acceptors (Lipinski definition) is 2. The van der Waals surface area contributed by atoms with Gasteiger partial charge in [0.1, 0.15) is 0 Å². The lowest BCUT2D eigenvalue weighted by molar-refractivity contribution is 0.0407. The van der Waals surface area contributed by atoms with Gasteiger partial charge in [-0.1, -0.05) is 23.8 Å². The van der Waals surface area contributed by atoms with Crippen molar-refractivity contribution >= 4 is 0 Å². The van der Waals surface area contributed by atoms with E-state index >= 15 is 0 Å². The molecule has 2 heteroatoms. The summed E-state index contributed by atoms with van der Waals surface area (Å²) in [6, 6.07) is 6.44. The lowest BCUT2D eigenvalue weighted by atomic mass is 9.94. The number of aryl methyl sites for hydroxylation is 1. The summed E-state index contributed by atoms with van der Waals surface area (Å²) in [6.45, 7) is 4.80. The summed E-state index contributed by atoms with van der Waals surface area (Å²) in [6.07, 6.45) is 0.190.